The molecule has 2 heterocycles. The van der Waals surface area contributed by atoms with Crippen LogP contribution in [0.2, 0.25) is 5.15 Å². The van der Waals surface area contributed by atoms with Crippen LogP contribution in [0.25, 0.3) is 0 Å². The molecule has 0 amide bonds. The molecule has 0 bridgehead atoms. The lowest BCUT2D eigenvalue weighted by Crippen LogP contribution is -2.36. The molecule has 10 heteroatoms. The fourth-order valence-corrected chi connectivity index (χ4v) is 3.74. The number of nitrogens with zero attached hydrogens (tertiary/aromatic N) is 4. The summed E-state index contributed by atoms with van der Waals surface area (Å²) in [7, 11) is 1.88. The van der Waals surface area contributed by atoms with Gasteiger partial charge in [0.15, 0.2) is 0 Å². The van der Waals surface area contributed by atoms with Crippen molar-refractivity contribution in [2.45, 2.75) is 51.5 Å². The third-order valence-corrected chi connectivity index (χ3v) is 5.61. The molecule has 8 nitrogen and oxygen atoms in total. The van der Waals surface area contributed by atoms with E-state index in [2.05, 4.69) is 49.5 Å². The monoisotopic (exact) mass is 480 g/mol. The van der Waals surface area contributed by atoms with Gasteiger partial charge in [-0.2, -0.15) is 0 Å². The first-order valence-electron chi connectivity index (χ1n) is 11.4. The minimum atomic E-state index is -0.975. The lowest BCUT2D eigenvalue weighted by Gasteiger charge is -2.24. The molecule has 0 aliphatic heterocycles. The molecular formula is C23H34ClFN6O2. The Bertz CT molecular complexity index is 873. The van der Waals surface area contributed by atoms with Crippen molar-refractivity contribution in [3.63, 3.8) is 0 Å². The number of halogens is 2. The fourth-order valence-electron chi connectivity index (χ4n) is 3.59. The first kappa shape index (κ1) is 26.7. The van der Waals surface area contributed by atoms with Crippen LogP contribution < -0.4 is 10.6 Å². The van der Waals surface area contributed by atoms with E-state index in [1.54, 1.807) is 0 Å². The molecule has 0 spiro atoms. The number of nitrogens with one attached hydrogen (secondary N) is 2. The lowest BCUT2D eigenvalue weighted by molar-refractivity contribution is -0.138. The SMILES string of the molecule is CCc1ccc(CCCCN(CCCF)CCC(Nc2cc(Cl)ncn2)C(=O)O)nc1NC. The van der Waals surface area contributed by atoms with Crippen molar-refractivity contribution < 1.29 is 14.3 Å². The molecule has 2 rings (SSSR count). The van der Waals surface area contributed by atoms with Crippen LogP contribution in [0.3, 0.4) is 0 Å². The van der Waals surface area contributed by atoms with Crippen LogP contribution in [0.4, 0.5) is 16.0 Å². The van der Waals surface area contributed by atoms with Crippen LogP contribution >= 0.6 is 11.6 Å². The number of rotatable bonds is 16. The average molecular weight is 481 g/mol. The summed E-state index contributed by atoms with van der Waals surface area (Å²) in [4.78, 5) is 26.3. The number of carbonyl (C=O) groups is 1. The van der Waals surface area contributed by atoms with E-state index < -0.39 is 18.7 Å². The second-order valence-corrected chi connectivity index (χ2v) is 8.19. The van der Waals surface area contributed by atoms with Gasteiger partial charge in [-0.15, -0.1) is 0 Å². The van der Waals surface area contributed by atoms with Gasteiger partial charge in [0.2, 0.25) is 0 Å². The largest absolute Gasteiger partial charge is 0.480 e. The highest BCUT2D eigenvalue weighted by Gasteiger charge is 2.19. The van der Waals surface area contributed by atoms with E-state index in [1.165, 1.54) is 18.0 Å². The summed E-state index contributed by atoms with van der Waals surface area (Å²) in [6.07, 6.45) is 5.74. The first-order chi connectivity index (χ1) is 16.0. The number of anilines is 2. The standard InChI is InChI=1S/C23H34ClFN6O2/c1-3-17-8-9-18(29-22(17)26-2)7-4-5-12-31(13-6-11-25)14-10-19(23(32)33)30-21-15-20(24)27-16-28-21/h8-9,15-16,19H,3-7,10-14H2,1-2H3,(H,26,29)(H,32,33)(H,27,28,30). The van der Waals surface area contributed by atoms with Crippen LogP contribution in [0.5, 0.6) is 0 Å². The molecule has 0 aliphatic carbocycles. The maximum atomic E-state index is 12.8. The van der Waals surface area contributed by atoms with Crippen LogP contribution in [0.15, 0.2) is 24.5 Å². The highest BCUT2D eigenvalue weighted by molar-refractivity contribution is 6.29. The summed E-state index contributed by atoms with van der Waals surface area (Å²) in [5.41, 5.74) is 2.25. The Labute approximate surface area is 200 Å². The van der Waals surface area contributed by atoms with E-state index in [1.807, 2.05) is 7.05 Å². The van der Waals surface area contributed by atoms with Gasteiger partial charge in [0.1, 0.15) is 29.2 Å². The van der Waals surface area contributed by atoms with Crippen LogP contribution in [0.1, 0.15) is 43.9 Å². The molecule has 0 radical (unpaired) electrons. The van der Waals surface area contributed by atoms with Crippen molar-refractivity contribution in [2.75, 3.05) is 44.0 Å². The minimum absolute atomic E-state index is 0.238. The van der Waals surface area contributed by atoms with Gasteiger partial charge in [-0.05, 0) is 56.7 Å². The number of pyridine rings is 1. The third kappa shape index (κ3) is 9.47. The van der Waals surface area contributed by atoms with E-state index in [0.29, 0.717) is 31.7 Å². The molecule has 2 aromatic rings. The predicted octanol–water partition coefficient (Wildman–Crippen LogP) is 4.07. The molecule has 0 aliphatic rings. The zero-order chi connectivity index (χ0) is 24.1. The molecule has 33 heavy (non-hydrogen) atoms. The summed E-state index contributed by atoms with van der Waals surface area (Å²) >= 11 is 5.85. The zero-order valence-corrected chi connectivity index (χ0v) is 20.1. The van der Waals surface area contributed by atoms with Crippen LogP contribution in [-0.4, -0.2) is 70.3 Å². The van der Waals surface area contributed by atoms with Gasteiger partial charge < -0.3 is 20.6 Å². The number of hydrogen-bond donors (Lipinski definition) is 3. The van der Waals surface area contributed by atoms with Gasteiger partial charge in [-0.1, -0.05) is 24.6 Å². The number of unbranched alkanes of at least 4 members (excludes halogenated alkanes) is 1. The number of alkyl halides is 1. The number of aromatic nitrogens is 3. The Kier molecular flexibility index (Phi) is 11.8. The van der Waals surface area contributed by atoms with Crippen molar-refractivity contribution in [2.24, 2.45) is 0 Å². The third-order valence-electron chi connectivity index (χ3n) is 5.41. The van der Waals surface area contributed by atoms with Gasteiger partial charge in [-0.3, -0.25) is 4.39 Å². The maximum Gasteiger partial charge on any atom is 0.326 e. The summed E-state index contributed by atoms with van der Waals surface area (Å²) in [6, 6.07) is 4.85. The molecule has 0 saturated heterocycles. The van der Waals surface area contributed by atoms with Crippen molar-refractivity contribution in [1.29, 1.82) is 0 Å². The Morgan fingerprint density at radius 2 is 2.00 bits per heavy atom. The highest BCUT2D eigenvalue weighted by Crippen LogP contribution is 2.16. The number of carboxylic acids is 1. The fraction of sp³-hybridized carbons (Fsp3) is 0.565. The minimum Gasteiger partial charge on any atom is -0.480 e. The average Bonchev–Trinajstić information content (AvgIpc) is 2.81. The summed E-state index contributed by atoms with van der Waals surface area (Å²) in [5.74, 6) is 0.314. The van der Waals surface area contributed by atoms with Gasteiger partial charge >= 0.3 is 5.97 Å². The van der Waals surface area contributed by atoms with Gasteiger partial charge in [0.05, 0.1) is 6.67 Å². The quantitative estimate of drug-likeness (QED) is 0.244. The molecular weight excluding hydrogens is 447 g/mol. The first-order valence-corrected chi connectivity index (χ1v) is 11.8. The Balaban J connectivity index is 1.85. The summed E-state index contributed by atoms with van der Waals surface area (Å²) < 4.78 is 12.8. The predicted molar refractivity (Wildman–Crippen MR) is 130 cm³/mol. The Morgan fingerprint density at radius 1 is 1.21 bits per heavy atom. The van der Waals surface area contributed by atoms with Crippen molar-refractivity contribution in [3.05, 3.63) is 40.9 Å². The molecule has 0 saturated carbocycles. The molecule has 0 aromatic carbocycles. The van der Waals surface area contributed by atoms with Gasteiger partial charge in [0.25, 0.3) is 0 Å². The number of carboxylic acid groups (broad SMARTS) is 1. The molecule has 182 valence electrons. The Morgan fingerprint density at radius 3 is 2.67 bits per heavy atom. The van der Waals surface area contributed by atoms with Gasteiger partial charge in [0, 0.05) is 31.9 Å². The zero-order valence-electron chi connectivity index (χ0n) is 19.4. The highest BCUT2D eigenvalue weighted by atomic mass is 35.5. The maximum absolute atomic E-state index is 12.8. The van der Waals surface area contributed by atoms with Crippen molar-refractivity contribution >= 4 is 29.2 Å². The molecule has 2 aromatic heterocycles. The summed E-state index contributed by atoms with van der Waals surface area (Å²) in [6.45, 7) is 3.62. The summed E-state index contributed by atoms with van der Waals surface area (Å²) in [5, 5.41) is 15.9. The topological polar surface area (TPSA) is 103 Å². The van der Waals surface area contributed by atoms with Gasteiger partial charge in [-0.25, -0.2) is 19.7 Å². The number of hydrogen-bond acceptors (Lipinski definition) is 7. The van der Waals surface area contributed by atoms with E-state index in [0.717, 1.165) is 43.7 Å². The van der Waals surface area contributed by atoms with E-state index >= 15 is 0 Å². The Hall–Kier alpha value is -2.52. The van der Waals surface area contributed by atoms with E-state index in [9.17, 15) is 14.3 Å². The number of aryl methyl sites for hydroxylation is 2. The molecule has 1 unspecified atom stereocenters. The van der Waals surface area contributed by atoms with Crippen LogP contribution in [-0.2, 0) is 17.6 Å². The van der Waals surface area contributed by atoms with Crippen molar-refractivity contribution in [3.8, 4) is 0 Å². The molecule has 1 atom stereocenters. The normalized spacial score (nSPS) is 12.0. The van der Waals surface area contributed by atoms with E-state index in [-0.39, 0.29) is 5.15 Å². The lowest BCUT2D eigenvalue weighted by atomic mass is 10.1. The van der Waals surface area contributed by atoms with Crippen molar-refractivity contribution in [1.82, 2.24) is 19.9 Å². The second-order valence-electron chi connectivity index (χ2n) is 7.80. The van der Waals surface area contributed by atoms with E-state index in [4.69, 9.17) is 11.6 Å². The molecule has 0 fully saturated rings. The smallest absolute Gasteiger partial charge is 0.326 e. The second kappa shape index (κ2) is 14.6. The number of aliphatic carboxylic acids is 1. The van der Waals surface area contributed by atoms with Crippen LogP contribution in [0, 0.1) is 0 Å². The molecule has 3 N–H and O–H groups in total.